The topological polar surface area (TPSA) is 85.0 Å². The molecule has 2 aliphatic rings. The van der Waals surface area contributed by atoms with Crippen LogP contribution in [-0.2, 0) is 14.8 Å². The van der Waals surface area contributed by atoms with Crippen molar-refractivity contribution in [3.63, 3.8) is 0 Å². The summed E-state index contributed by atoms with van der Waals surface area (Å²) < 4.78 is 33.3. The number of hydrogen-bond acceptors (Lipinski definition) is 5. The summed E-state index contributed by atoms with van der Waals surface area (Å²) in [4.78, 5) is 2.21. The van der Waals surface area contributed by atoms with Gasteiger partial charge in [-0.15, -0.1) is 4.40 Å². The highest BCUT2D eigenvalue weighted by molar-refractivity contribution is 7.90. The number of nitrogens with zero attached hydrogens (tertiary/aromatic N) is 2. The van der Waals surface area contributed by atoms with Crippen LogP contribution in [-0.4, -0.2) is 51.5 Å². The van der Waals surface area contributed by atoms with Crippen molar-refractivity contribution in [1.29, 1.82) is 0 Å². The van der Waals surface area contributed by atoms with Crippen LogP contribution in [0, 0.1) is 0 Å². The largest absolute Gasteiger partial charge is 0.377 e. The number of amidine groups is 1. The fraction of sp³-hybridized carbons (Fsp3) is 0.417. The molecule has 0 saturated carbocycles. The molecule has 2 N–H and O–H groups in total. The van der Waals surface area contributed by atoms with Crippen molar-refractivity contribution in [2.24, 2.45) is 10.1 Å². The second-order valence-electron chi connectivity index (χ2n) is 4.54. The lowest BCUT2D eigenvalue weighted by atomic mass is 10.1. The maximum atomic E-state index is 12.0. The molecule has 102 valence electrons. The number of fused-ring (bicyclic) bond motifs is 1. The van der Waals surface area contributed by atoms with E-state index in [-0.39, 0.29) is 10.9 Å². The summed E-state index contributed by atoms with van der Waals surface area (Å²) in [7, 11) is -3.57. The monoisotopic (exact) mass is 281 g/mol. The predicted molar refractivity (Wildman–Crippen MR) is 70.5 cm³/mol. The van der Waals surface area contributed by atoms with Crippen LogP contribution in [0.25, 0.3) is 0 Å². The second kappa shape index (κ2) is 4.59. The Morgan fingerprint density at radius 1 is 1.42 bits per heavy atom. The van der Waals surface area contributed by atoms with Crippen LogP contribution in [0.4, 0.5) is 0 Å². The van der Waals surface area contributed by atoms with E-state index in [1.165, 1.54) is 0 Å². The van der Waals surface area contributed by atoms with E-state index in [1.807, 2.05) is 11.0 Å². The van der Waals surface area contributed by atoms with E-state index in [1.54, 1.807) is 18.2 Å². The van der Waals surface area contributed by atoms with Gasteiger partial charge in [-0.25, -0.2) is 0 Å². The van der Waals surface area contributed by atoms with Crippen molar-refractivity contribution in [2.45, 2.75) is 10.9 Å². The van der Waals surface area contributed by atoms with E-state index >= 15 is 0 Å². The zero-order valence-electron chi connectivity index (χ0n) is 10.3. The Balaban J connectivity index is 2.06. The zero-order chi connectivity index (χ0) is 13.5. The minimum Gasteiger partial charge on any atom is -0.377 e. The van der Waals surface area contributed by atoms with Gasteiger partial charge in [0.15, 0.2) is 5.84 Å². The first kappa shape index (κ1) is 12.6. The number of nitrogens with two attached hydrogens (primary N) is 1. The molecule has 0 aromatic heterocycles. The summed E-state index contributed by atoms with van der Waals surface area (Å²) in [5.41, 5.74) is 6.38. The fourth-order valence-corrected chi connectivity index (χ4v) is 3.64. The molecule has 0 spiro atoms. The van der Waals surface area contributed by atoms with Crippen molar-refractivity contribution in [1.82, 2.24) is 4.90 Å². The van der Waals surface area contributed by atoms with Crippen molar-refractivity contribution < 1.29 is 13.2 Å². The standard InChI is InChI=1S/C12H15N3O3S/c13-7-9-8-18-6-5-15(9)12-10-3-1-2-4-11(10)19(16,17)14-12/h1-4,9H,5-8,13H2. The van der Waals surface area contributed by atoms with E-state index in [0.717, 1.165) is 0 Å². The Morgan fingerprint density at radius 2 is 2.21 bits per heavy atom. The average Bonchev–Trinajstić information content (AvgIpc) is 2.71. The Morgan fingerprint density at radius 3 is 3.00 bits per heavy atom. The summed E-state index contributed by atoms with van der Waals surface area (Å²) >= 11 is 0. The van der Waals surface area contributed by atoms with E-state index in [4.69, 9.17) is 10.5 Å². The maximum Gasteiger partial charge on any atom is 0.285 e. The summed E-state index contributed by atoms with van der Waals surface area (Å²) in [6.45, 7) is 2.06. The van der Waals surface area contributed by atoms with Gasteiger partial charge in [-0.05, 0) is 12.1 Å². The highest BCUT2D eigenvalue weighted by Gasteiger charge is 2.35. The van der Waals surface area contributed by atoms with Gasteiger partial charge in [0.05, 0.1) is 19.3 Å². The van der Waals surface area contributed by atoms with Gasteiger partial charge in [0.25, 0.3) is 10.0 Å². The number of sulfonamides is 1. The first-order valence-electron chi connectivity index (χ1n) is 6.12. The highest BCUT2D eigenvalue weighted by Crippen LogP contribution is 2.28. The third-order valence-electron chi connectivity index (χ3n) is 3.38. The van der Waals surface area contributed by atoms with Crippen molar-refractivity contribution >= 4 is 15.9 Å². The summed E-state index contributed by atoms with van der Waals surface area (Å²) in [5, 5.41) is 0. The van der Waals surface area contributed by atoms with Gasteiger partial charge in [-0.3, -0.25) is 0 Å². The zero-order valence-corrected chi connectivity index (χ0v) is 11.1. The molecule has 2 aliphatic heterocycles. The van der Waals surface area contributed by atoms with Crippen molar-refractivity contribution in [3.8, 4) is 0 Å². The van der Waals surface area contributed by atoms with Gasteiger partial charge in [-0.1, -0.05) is 12.1 Å². The van der Waals surface area contributed by atoms with Crippen LogP contribution in [0.15, 0.2) is 33.6 Å². The molecule has 3 rings (SSSR count). The summed E-state index contributed by atoms with van der Waals surface area (Å²) in [5.74, 6) is 0.495. The molecule has 0 amide bonds. The lowest BCUT2D eigenvalue weighted by Gasteiger charge is -2.36. The minimum atomic E-state index is -3.57. The molecule has 19 heavy (non-hydrogen) atoms. The Hall–Kier alpha value is -1.44. The second-order valence-corrected chi connectivity index (χ2v) is 6.12. The Labute approximate surface area is 111 Å². The minimum absolute atomic E-state index is 0.0335. The SMILES string of the molecule is NCC1COCCN1C1=NS(=O)(=O)c2ccccc21. The molecule has 0 radical (unpaired) electrons. The quantitative estimate of drug-likeness (QED) is 0.770. The average molecular weight is 281 g/mol. The lowest BCUT2D eigenvalue weighted by Crippen LogP contribution is -2.52. The number of rotatable bonds is 1. The first-order chi connectivity index (χ1) is 9.13. The molecule has 0 bridgehead atoms. The number of morpholine rings is 1. The predicted octanol–water partition coefficient (Wildman–Crippen LogP) is -0.205. The number of hydrogen-bond donors (Lipinski definition) is 1. The van der Waals surface area contributed by atoms with Crippen molar-refractivity contribution in [3.05, 3.63) is 29.8 Å². The van der Waals surface area contributed by atoms with Gasteiger partial charge in [0.2, 0.25) is 0 Å². The molecule has 0 aliphatic carbocycles. The maximum absolute atomic E-state index is 12.0. The molecule has 1 aromatic rings. The smallest absolute Gasteiger partial charge is 0.285 e. The van der Waals surface area contributed by atoms with Crippen LogP contribution in [0.2, 0.25) is 0 Å². The third-order valence-corrected chi connectivity index (χ3v) is 4.71. The van der Waals surface area contributed by atoms with Crippen LogP contribution in [0.5, 0.6) is 0 Å². The molecular formula is C12H15N3O3S. The van der Waals surface area contributed by atoms with E-state index in [9.17, 15) is 8.42 Å². The fourth-order valence-electron chi connectivity index (χ4n) is 2.42. The molecule has 1 atom stereocenters. The van der Waals surface area contributed by atoms with Gasteiger partial charge in [-0.2, -0.15) is 8.42 Å². The van der Waals surface area contributed by atoms with E-state index in [0.29, 0.717) is 37.7 Å². The Bertz CT molecular complexity index is 627. The van der Waals surface area contributed by atoms with Crippen LogP contribution >= 0.6 is 0 Å². The van der Waals surface area contributed by atoms with Gasteiger partial charge < -0.3 is 15.4 Å². The third kappa shape index (κ3) is 2.03. The van der Waals surface area contributed by atoms with Crippen LogP contribution < -0.4 is 5.73 Å². The molecule has 6 nitrogen and oxygen atoms in total. The molecular weight excluding hydrogens is 266 g/mol. The summed E-state index contributed by atoms with van der Waals surface area (Å²) in [6, 6.07) is 6.84. The van der Waals surface area contributed by atoms with Crippen molar-refractivity contribution in [2.75, 3.05) is 26.3 Å². The molecule has 7 heteroatoms. The van der Waals surface area contributed by atoms with E-state index < -0.39 is 10.0 Å². The molecule has 1 aromatic carbocycles. The first-order valence-corrected chi connectivity index (χ1v) is 7.56. The van der Waals surface area contributed by atoms with Gasteiger partial charge in [0, 0.05) is 18.7 Å². The Kier molecular flexibility index (Phi) is 3.04. The number of benzene rings is 1. The van der Waals surface area contributed by atoms with E-state index in [2.05, 4.69) is 4.40 Å². The normalized spacial score (nSPS) is 25.0. The molecule has 1 fully saturated rings. The number of ether oxygens (including phenoxy) is 1. The van der Waals surface area contributed by atoms with Gasteiger partial charge in [0.1, 0.15) is 4.90 Å². The summed E-state index contributed by atoms with van der Waals surface area (Å²) in [6.07, 6.45) is 0. The van der Waals surface area contributed by atoms with Gasteiger partial charge >= 0.3 is 0 Å². The highest BCUT2D eigenvalue weighted by atomic mass is 32.2. The molecule has 1 unspecified atom stereocenters. The molecule has 2 heterocycles. The van der Waals surface area contributed by atoms with Crippen LogP contribution in [0.3, 0.4) is 0 Å². The van der Waals surface area contributed by atoms with Crippen LogP contribution in [0.1, 0.15) is 5.56 Å². The molecule has 1 saturated heterocycles. The lowest BCUT2D eigenvalue weighted by molar-refractivity contribution is 0.0301.